The summed E-state index contributed by atoms with van der Waals surface area (Å²) in [5.74, 6) is -0.147. The molecule has 1 heterocycles. The molecule has 0 bridgehead atoms. The van der Waals surface area contributed by atoms with E-state index in [0.717, 1.165) is 0 Å². The van der Waals surface area contributed by atoms with Crippen molar-refractivity contribution in [3.63, 3.8) is 0 Å². The van der Waals surface area contributed by atoms with Gasteiger partial charge in [-0.3, -0.25) is 9.48 Å². The molecule has 1 aromatic heterocycles. The summed E-state index contributed by atoms with van der Waals surface area (Å²) in [6.07, 6.45) is 2.31. The number of carbonyl (C=O) groups excluding carboxylic acids is 1. The van der Waals surface area contributed by atoms with Crippen molar-refractivity contribution >= 4 is 5.91 Å². The van der Waals surface area contributed by atoms with Gasteiger partial charge in [0.1, 0.15) is 0 Å². The van der Waals surface area contributed by atoms with E-state index < -0.39 is 0 Å². The molecule has 7 heteroatoms. The van der Waals surface area contributed by atoms with E-state index in [2.05, 4.69) is 20.4 Å². The largest absolute Gasteiger partial charge is 0.352 e. The molecule has 1 aromatic rings. The monoisotopic (exact) mass is 222 g/mol. The quantitative estimate of drug-likeness (QED) is 0.350. The fourth-order valence-electron chi connectivity index (χ4n) is 1.31. The number of nitrogens with zero attached hydrogens (tertiary/aromatic N) is 5. The lowest BCUT2D eigenvalue weighted by atomic mass is 10.2. The van der Waals surface area contributed by atoms with Crippen LogP contribution in [0.3, 0.4) is 0 Å². The Labute approximate surface area is 93.1 Å². The van der Waals surface area contributed by atoms with Crippen LogP contribution in [0, 0.1) is 6.92 Å². The molecular weight excluding hydrogens is 208 g/mol. The van der Waals surface area contributed by atoms with Gasteiger partial charge >= 0.3 is 0 Å². The zero-order valence-electron chi connectivity index (χ0n) is 9.34. The summed E-state index contributed by atoms with van der Waals surface area (Å²) in [6, 6.07) is 0. The lowest BCUT2D eigenvalue weighted by Crippen LogP contribution is -2.25. The topological polar surface area (TPSA) is 95.7 Å². The van der Waals surface area contributed by atoms with E-state index in [-0.39, 0.29) is 5.91 Å². The van der Waals surface area contributed by atoms with Crippen LogP contribution in [-0.2, 0) is 7.05 Å². The number of hydrogen-bond acceptors (Lipinski definition) is 3. The summed E-state index contributed by atoms with van der Waals surface area (Å²) in [4.78, 5) is 14.3. The third-order valence-electron chi connectivity index (χ3n) is 2.04. The minimum atomic E-state index is -0.147. The molecule has 0 aliphatic carbocycles. The molecule has 0 saturated carbocycles. The Kier molecular flexibility index (Phi) is 4.35. The van der Waals surface area contributed by atoms with E-state index in [9.17, 15) is 4.79 Å². The van der Waals surface area contributed by atoms with Crippen molar-refractivity contribution in [1.29, 1.82) is 0 Å². The summed E-state index contributed by atoms with van der Waals surface area (Å²) in [5.41, 5.74) is 9.33. The molecule has 16 heavy (non-hydrogen) atoms. The lowest BCUT2D eigenvalue weighted by molar-refractivity contribution is 0.0953. The van der Waals surface area contributed by atoms with Crippen molar-refractivity contribution in [3.8, 4) is 0 Å². The molecular formula is C9H14N6O. The van der Waals surface area contributed by atoms with Crippen molar-refractivity contribution in [2.75, 3.05) is 13.1 Å². The maximum absolute atomic E-state index is 11.6. The average molecular weight is 222 g/mol. The predicted octanol–water partition coefficient (Wildman–Crippen LogP) is 1.16. The number of nitrogens with one attached hydrogen (secondary N) is 1. The second kappa shape index (κ2) is 5.77. The Morgan fingerprint density at radius 1 is 1.75 bits per heavy atom. The first-order valence-electron chi connectivity index (χ1n) is 4.94. The highest BCUT2D eigenvalue weighted by Crippen LogP contribution is 2.03. The number of azide groups is 1. The molecule has 1 amide bonds. The number of aryl methyl sites for hydroxylation is 2. The molecule has 0 saturated heterocycles. The van der Waals surface area contributed by atoms with Gasteiger partial charge in [0.25, 0.3) is 5.91 Å². The Hall–Kier alpha value is -2.01. The molecule has 7 nitrogen and oxygen atoms in total. The van der Waals surface area contributed by atoms with Crippen LogP contribution < -0.4 is 5.32 Å². The molecule has 1 N–H and O–H groups in total. The summed E-state index contributed by atoms with van der Waals surface area (Å²) in [5, 5.41) is 10.2. The number of amides is 1. The fourth-order valence-corrected chi connectivity index (χ4v) is 1.31. The molecule has 0 aliphatic heterocycles. The summed E-state index contributed by atoms with van der Waals surface area (Å²) < 4.78 is 1.60. The predicted molar refractivity (Wildman–Crippen MR) is 58.9 cm³/mol. The third-order valence-corrected chi connectivity index (χ3v) is 2.04. The standard InChI is InChI=1S/C9H14N6O/c1-7-8(6-15(2)13-7)9(16)11-4-3-5-12-14-10/h6H,3-5H2,1-2H3,(H,11,16). The van der Waals surface area contributed by atoms with E-state index >= 15 is 0 Å². The summed E-state index contributed by atoms with van der Waals surface area (Å²) >= 11 is 0. The number of hydrogen-bond donors (Lipinski definition) is 1. The van der Waals surface area contributed by atoms with Crippen LogP contribution in [0.5, 0.6) is 0 Å². The van der Waals surface area contributed by atoms with Crippen LogP contribution in [0.1, 0.15) is 22.5 Å². The third kappa shape index (κ3) is 3.29. The highest BCUT2D eigenvalue weighted by Gasteiger charge is 2.11. The van der Waals surface area contributed by atoms with Crippen LogP contribution in [0.2, 0.25) is 0 Å². The smallest absolute Gasteiger partial charge is 0.254 e. The van der Waals surface area contributed by atoms with Crippen molar-refractivity contribution in [1.82, 2.24) is 15.1 Å². The van der Waals surface area contributed by atoms with Gasteiger partial charge in [0.2, 0.25) is 0 Å². The van der Waals surface area contributed by atoms with Gasteiger partial charge in [-0.1, -0.05) is 5.11 Å². The van der Waals surface area contributed by atoms with Crippen molar-refractivity contribution in [2.45, 2.75) is 13.3 Å². The maximum atomic E-state index is 11.6. The first kappa shape index (κ1) is 12.1. The lowest BCUT2D eigenvalue weighted by Gasteiger charge is -2.01. The number of aromatic nitrogens is 2. The van der Waals surface area contributed by atoms with E-state index in [0.29, 0.717) is 30.8 Å². The van der Waals surface area contributed by atoms with Gasteiger partial charge in [-0.2, -0.15) is 5.10 Å². The second-order valence-corrected chi connectivity index (χ2v) is 3.37. The van der Waals surface area contributed by atoms with E-state index in [1.807, 2.05) is 0 Å². The van der Waals surface area contributed by atoms with Crippen LogP contribution in [0.15, 0.2) is 11.3 Å². The summed E-state index contributed by atoms with van der Waals surface area (Å²) in [7, 11) is 1.77. The molecule has 0 aromatic carbocycles. The Morgan fingerprint density at radius 2 is 2.50 bits per heavy atom. The Bertz CT molecular complexity index is 418. The zero-order valence-corrected chi connectivity index (χ0v) is 9.34. The van der Waals surface area contributed by atoms with Gasteiger partial charge in [0.15, 0.2) is 0 Å². The van der Waals surface area contributed by atoms with Gasteiger partial charge in [-0.15, -0.1) is 0 Å². The van der Waals surface area contributed by atoms with Crippen molar-refractivity contribution in [2.24, 2.45) is 12.2 Å². The minimum absolute atomic E-state index is 0.147. The molecule has 0 aliphatic rings. The molecule has 86 valence electrons. The van der Waals surface area contributed by atoms with Gasteiger partial charge in [-0.05, 0) is 18.9 Å². The zero-order chi connectivity index (χ0) is 12.0. The van der Waals surface area contributed by atoms with Crippen molar-refractivity contribution < 1.29 is 4.79 Å². The van der Waals surface area contributed by atoms with E-state index in [1.165, 1.54) is 0 Å². The Balaban J connectivity index is 2.41. The molecule has 1 rings (SSSR count). The molecule has 0 atom stereocenters. The van der Waals surface area contributed by atoms with Crippen LogP contribution in [-0.4, -0.2) is 28.8 Å². The van der Waals surface area contributed by atoms with E-state index in [4.69, 9.17) is 5.53 Å². The van der Waals surface area contributed by atoms with Crippen LogP contribution >= 0.6 is 0 Å². The molecule has 0 spiro atoms. The average Bonchev–Trinajstić information content (AvgIpc) is 2.57. The SMILES string of the molecule is Cc1nn(C)cc1C(=O)NCCCN=[N+]=[N-]. The van der Waals surface area contributed by atoms with Gasteiger partial charge < -0.3 is 5.32 Å². The first-order chi connectivity index (χ1) is 7.65. The summed E-state index contributed by atoms with van der Waals surface area (Å²) in [6.45, 7) is 2.67. The first-order valence-corrected chi connectivity index (χ1v) is 4.94. The highest BCUT2D eigenvalue weighted by atomic mass is 16.1. The normalized spacial score (nSPS) is 9.62. The van der Waals surface area contributed by atoms with Crippen molar-refractivity contribution in [3.05, 3.63) is 27.9 Å². The van der Waals surface area contributed by atoms with Crippen LogP contribution in [0.4, 0.5) is 0 Å². The van der Waals surface area contributed by atoms with Gasteiger partial charge in [0.05, 0.1) is 11.3 Å². The van der Waals surface area contributed by atoms with Gasteiger partial charge in [-0.25, -0.2) is 0 Å². The Morgan fingerprint density at radius 3 is 3.06 bits per heavy atom. The number of rotatable bonds is 5. The molecule has 0 radical (unpaired) electrons. The fraction of sp³-hybridized carbons (Fsp3) is 0.556. The minimum Gasteiger partial charge on any atom is -0.352 e. The highest BCUT2D eigenvalue weighted by molar-refractivity contribution is 5.94. The molecule has 0 fully saturated rings. The second-order valence-electron chi connectivity index (χ2n) is 3.37. The van der Waals surface area contributed by atoms with Crippen LogP contribution in [0.25, 0.3) is 10.4 Å². The number of carbonyl (C=O) groups is 1. The van der Waals surface area contributed by atoms with E-state index in [1.54, 1.807) is 24.9 Å². The molecule has 0 unspecified atom stereocenters. The van der Waals surface area contributed by atoms with Gasteiger partial charge in [0, 0.05) is 31.2 Å². The maximum Gasteiger partial charge on any atom is 0.254 e.